The molecule has 2 atom stereocenters. The van der Waals surface area contributed by atoms with Crippen molar-refractivity contribution in [2.24, 2.45) is 5.92 Å². The number of carbonyl (C=O) groups is 2. The van der Waals surface area contributed by atoms with Gasteiger partial charge in [0.05, 0.1) is 12.5 Å². The van der Waals surface area contributed by atoms with E-state index >= 15 is 0 Å². The summed E-state index contributed by atoms with van der Waals surface area (Å²) in [5.41, 5.74) is 0. The summed E-state index contributed by atoms with van der Waals surface area (Å²) < 4.78 is 48.7. The largest absolute Gasteiger partial charge is 0.481 e. The van der Waals surface area contributed by atoms with Crippen molar-refractivity contribution in [2.75, 3.05) is 6.54 Å². The van der Waals surface area contributed by atoms with Gasteiger partial charge in [0.2, 0.25) is 0 Å². The van der Waals surface area contributed by atoms with Crippen LogP contribution in [0.5, 0.6) is 0 Å². The highest BCUT2D eigenvalue weighted by atomic mass is 19.3. The third-order valence-corrected chi connectivity index (χ3v) is 2.92. The van der Waals surface area contributed by atoms with Crippen LogP contribution >= 0.6 is 0 Å². The summed E-state index contributed by atoms with van der Waals surface area (Å²) >= 11 is 0. The van der Waals surface area contributed by atoms with Crippen LogP contribution in [0.1, 0.15) is 19.3 Å². The number of hydrogen-bond acceptors (Lipinski definition) is 2. The topological polar surface area (TPSA) is 78.4 Å². The van der Waals surface area contributed by atoms with Gasteiger partial charge in [-0.1, -0.05) is 0 Å². The Labute approximate surface area is 106 Å². The monoisotopic (exact) mass is 286 g/mol. The number of halogens is 4. The van der Waals surface area contributed by atoms with Crippen molar-refractivity contribution in [3.63, 3.8) is 0 Å². The Bertz CT molecular complexity index is 352. The fourth-order valence-electron chi connectivity index (χ4n) is 1.85. The van der Waals surface area contributed by atoms with Gasteiger partial charge in [0.1, 0.15) is 0 Å². The Balaban J connectivity index is 2.31. The maximum atomic E-state index is 12.5. The molecule has 110 valence electrons. The van der Waals surface area contributed by atoms with Crippen LogP contribution in [-0.4, -0.2) is 42.0 Å². The predicted octanol–water partition coefficient (Wildman–Crippen LogP) is 1.44. The van der Waals surface area contributed by atoms with Crippen LogP contribution in [0.4, 0.5) is 22.4 Å². The number of carboxylic acids is 1. The predicted molar refractivity (Wildman–Crippen MR) is 56.3 cm³/mol. The number of amides is 2. The molecule has 9 heteroatoms. The molecule has 2 unspecified atom stereocenters. The van der Waals surface area contributed by atoms with Crippen LogP contribution < -0.4 is 10.6 Å². The first-order valence-electron chi connectivity index (χ1n) is 5.65. The van der Waals surface area contributed by atoms with Crippen molar-refractivity contribution >= 4 is 12.0 Å². The summed E-state index contributed by atoms with van der Waals surface area (Å²) in [7, 11) is 0. The van der Waals surface area contributed by atoms with Crippen LogP contribution in [0.2, 0.25) is 0 Å². The molecule has 1 aliphatic carbocycles. The van der Waals surface area contributed by atoms with Crippen LogP contribution in [-0.2, 0) is 4.79 Å². The number of aliphatic carboxylic acids is 1. The van der Waals surface area contributed by atoms with Crippen molar-refractivity contribution in [1.82, 2.24) is 10.6 Å². The minimum atomic E-state index is -4.28. The number of carboxylic acid groups (broad SMARTS) is 1. The van der Waals surface area contributed by atoms with E-state index in [9.17, 15) is 27.2 Å². The maximum Gasteiger partial charge on any atom is 0.324 e. The Morgan fingerprint density at radius 1 is 1.32 bits per heavy atom. The lowest BCUT2D eigenvalue weighted by atomic mass is 10.1. The van der Waals surface area contributed by atoms with Crippen LogP contribution in [0, 0.1) is 5.92 Å². The molecule has 3 N–H and O–H groups in total. The van der Waals surface area contributed by atoms with Gasteiger partial charge >= 0.3 is 24.3 Å². The van der Waals surface area contributed by atoms with E-state index in [1.54, 1.807) is 5.32 Å². The molecular weight excluding hydrogens is 272 g/mol. The Kier molecular flexibility index (Phi) is 4.96. The van der Waals surface area contributed by atoms with Crippen LogP contribution in [0.25, 0.3) is 0 Å². The average molecular weight is 286 g/mol. The summed E-state index contributed by atoms with van der Waals surface area (Å²) in [6.07, 6.45) is -2.85. The second-order valence-electron chi connectivity index (χ2n) is 4.43. The highest BCUT2D eigenvalue weighted by Crippen LogP contribution is 2.25. The third kappa shape index (κ3) is 4.56. The fraction of sp³-hybridized carbons (Fsp3) is 0.800. The SMILES string of the molecule is O=C(NCC(F)(F)C(F)F)NC1CCC(C(=O)O)C1. The molecular formula is C10H14F4N2O3. The van der Waals surface area contributed by atoms with E-state index in [1.165, 1.54) is 0 Å². The maximum absolute atomic E-state index is 12.5. The lowest BCUT2D eigenvalue weighted by molar-refractivity contribution is -0.141. The molecule has 0 heterocycles. The van der Waals surface area contributed by atoms with Crippen molar-refractivity contribution in [3.05, 3.63) is 0 Å². The van der Waals surface area contributed by atoms with Gasteiger partial charge < -0.3 is 15.7 Å². The molecule has 0 radical (unpaired) electrons. The van der Waals surface area contributed by atoms with Gasteiger partial charge in [-0.25, -0.2) is 13.6 Å². The van der Waals surface area contributed by atoms with E-state index < -0.39 is 42.9 Å². The summed E-state index contributed by atoms with van der Waals surface area (Å²) in [5, 5.41) is 12.7. The van der Waals surface area contributed by atoms with E-state index in [2.05, 4.69) is 5.32 Å². The smallest absolute Gasteiger partial charge is 0.324 e. The molecule has 2 amide bonds. The van der Waals surface area contributed by atoms with Gasteiger partial charge in [-0.15, -0.1) is 0 Å². The molecule has 0 bridgehead atoms. The van der Waals surface area contributed by atoms with E-state index in [0.717, 1.165) is 0 Å². The Hall–Kier alpha value is -1.54. The van der Waals surface area contributed by atoms with Gasteiger partial charge in [-0.2, -0.15) is 8.78 Å². The molecule has 0 aromatic rings. The molecule has 1 rings (SSSR count). The summed E-state index contributed by atoms with van der Waals surface area (Å²) in [6.45, 7) is -1.47. The first-order chi connectivity index (χ1) is 8.72. The summed E-state index contributed by atoms with van der Waals surface area (Å²) in [6, 6.07) is -1.45. The highest BCUT2D eigenvalue weighted by Gasteiger charge is 2.41. The number of rotatable bonds is 5. The summed E-state index contributed by atoms with van der Waals surface area (Å²) in [5.74, 6) is -5.84. The van der Waals surface area contributed by atoms with Crippen LogP contribution in [0.15, 0.2) is 0 Å². The molecule has 5 nitrogen and oxygen atoms in total. The average Bonchev–Trinajstić information content (AvgIpc) is 2.75. The van der Waals surface area contributed by atoms with E-state index in [4.69, 9.17) is 5.11 Å². The minimum absolute atomic E-state index is 0.202. The Morgan fingerprint density at radius 3 is 2.42 bits per heavy atom. The molecule has 0 aliphatic heterocycles. The number of nitrogens with one attached hydrogen (secondary N) is 2. The number of alkyl halides is 4. The molecule has 19 heavy (non-hydrogen) atoms. The quantitative estimate of drug-likeness (QED) is 0.669. The molecule has 1 aliphatic rings. The van der Waals surface area contributed by atoms with Crippen molar-refractivity contribution in [1.29, 1.82) is 0 Å². The zero-order valence-corrected chi connectivity index (χ0v) is 9.84. The van der Waals surface area contributed by atoms with Crippen molar-refractivity contribution in [3.8, 4) is 0 Å². The molecule has 0 spiro atoms. The minimum Gasteiger partial charge on any atom is -0.481 e. The summed E-state index contributed by atoms with van der Waals surface area (Å²) in [4.78, 5) is 21.9. The first-order valence-corrected chi connectivity index (χ1v) is 5.65. The van der Waals surface area contributed by atoms with Crippen LogP contribution in [0.3, 0.4) is 0 Å². The number of urea groups is 1. The highest BCUT2D eigenvalue weighted by molar-refractivity contribution is 5.75. The van der Waals surface area contributed by atoms with Gasteiger partial charge in [0.25, 0.3) is 0 Å². The second kappa shape index (κ2) is 6.07. The second-order valence-corrected chi connectivity index (χ2v) is 4.43. The molecule has 0 aromatic carbocycles. The van der Waals surface area contributed by atoms with Gasteiger partial charge in [-0.05, 0) is 19.3 Å². The normalized spacial score (nSPS) is 23.4. The van der Waals surface area contributed by atoms with Crippen molar-refractivity contribution < 1.29 is 32.3 Å². The standard InChI is InChI=1S/C10H14F4N2O3/c11-8(12)10(13,14)4-15-9(19)16-6-2-1-5(3-6)7(17)18/h5-6,8H,1-4H2,(H,17,18)(H2,15,16,19). The third-order valence-electron chi connectivity index (χ3n) is 2.92. The molecule has 1 saturated carbocycles. The van der Waals surface area contributed by atoms with Crippen molar-refractivity contribution in [2.45, 2.75) is 37.7 Å². The van der Waals surface area contributed by atoms with E-state index in [1.807, 2.05) is 0 Å². The first kappa shape index (κ1) is 15.5. The van der Waals surface area contributed by atoms with Gasteiger partial charge in [0.15, 0.2) is 0 Å². The zero-order valence-electron chi connectivity index (χ0n) is 9.84. The zero-order chi connectivity index (χ0) is 14.6. The molecule has 0 aromatic heterocycles. The lowest BCUT2D eigenvalue weighted by Crippen LogP contribution is -2.47. The fourth-order valence-corrected chi connectivity index (χ4v) is 1.85. The number of hydrogen-bond donors (Lipinski definition) is 3. The number of carbonyl (C=O) groups excluding carboxylic acids is 1. The molecule has 1 fully saturated rings. The lowest BCUT2D eigenvalue weighted by Gasteiger charge is -2.18. The van der Waals surface area contributed by atoms with Gasteiger partial charge in [0, 0.05) is 6.04 Å². The van der Waals surface area contributed by atoms with E-state index in [-0.39, 0.29) is 6.42 Å². The van der Waals surface area contributed by atoms with Gasteiger partial charge in [-0.3, -0.25) is 4.79 Å². The molecule has 0 saturated heterocycles. The Morgan fingerprint density at radius 2 is 1.95 bits per heavy atom. The van der Waals surface area contributed by atoms with E-state index in [0.29, 0.717) is 12.8 Å².